The van der Waals surface area contributed by atoms with Crippen LogP contribution in [0, 0.1) is 6.61 Å². The van der Waals surface area contributed by atoms with E-state index in [0.717, 1.165) is 5.69 Å². The molecule has 4 nitrogen and oxygen atoms in total. The van der Waals surface area contributed by atoms with Crippen LogP contribution in [0.4, 0.5) is 5.69 Å². The van der Waals surface area contributed by atoms with E-state index in [1.54, 1.807) is 7.11 Å². The Morgan fingerprint density at radius 1 is 1.07 bits per heavy atom. The topological polar surface area (TPSA) is 39.7 Å². The van der Waals surface area contributed by atoms with Crippen molar-refractivity contribution in [2.45, 2.75) is 5.91 Å². The zero-order valence-corrected chi connectivity index (χ0v) is 9.19. The molecule has 0 unspecified atom stereocenters. The Balaban J connectivity index is 2.74. The van der Waals surface area contributed by atoms with Crippen LogP contribution >= 0.6 is 0 Å². The van der Waals surface area contributed by atoms with Crippen molar-refractivity contribution in [2.75, 3.05) is 26.6 Å². The Morgan fingerprint density at radius 3 is 2.13 bits per heavy atom. The van der Waals surface area contributed by atoms with Gasteiger partial charge in [0.2, 0.25) is 0 Å². The van der Waals surface area contributed by atoms with E-state index >= 15 is 0 Å². The summed E-state index contributed by atoms with van der Waals surface area (Å²) in [4.78, 5) is 0. The second-order valence-electron chi connectivity index (χ2n) is 2.92. The van der Waals surface area contributed by atoms with Gasteiger partial charge in [0.05, 0.1) is 0 Å². The Hall–Kier alpha value is -1.10. The van der Waals surface area contributed by atoms with Crippen molar-refractivity contribution in [1.29, 1.82) is 0 Å². The first-order valence-corrected chi connectivity index (χ1v) is 4.57. The van der Waals surface area contributed by atoms with Crippen LogP contribution in [0.25, 0.3) is 0 Å². The van der Waals surface area contributed by atoms with Crippen LogP contribution in [0.2, 0.25) is 0 Å². The van der Waals surface area contributed by atoms with E-state index in [4.69, 9.17) is 14.2 Å². The summed E-state index contributed by atoms with van der Waals surface area (Å²) in [6.07, 6.45) is 0. The number of hydrogen-bond acceptors (Lipinski definition) is 4. The van der Waals surface area contributed by atoms with Gasteiger partial charge in [0.25, 0.3) is 5.91 Å². The first-order valence-electron chi connectivity index (χ1n) is 4.57. The van der Waals surface area contributed by atoms with Crippen LogP contribution in [0.5, 0.6) is 0 Å². The van der Waals surface area contributed by atoms with Gasteiger partial charge in [-0.3, -0.25) is 0 Å². The maximum absolute atomic E-state index is 5.22. The summed E-state index contributed by atoms with van der Waals surface area (Å²) in [5, 5.41) is 3.07. The fourth-order valence-corrected chi connectivity index (χ4v) is 1.19. The third kappa shape index (κ3) is 3.20. The maximum Gasteiger partial charge on any atom is 0.279 e. The number of anilines is 1. The highest BCUT2D eigenvalue weighted by Crippen LogP contribution is 2.19. The van der Waals surface area contributed by atoms with Crippen molar-refractivity contribution in [3.8, 4) is 0 Å². The van der Waals surface area contributed by atoms with Gasteiger partial charge < -0.3 is 19.5 Å². The summed E-state index contributed by atoms with van der Waals surface area (Å²) in [5.74, 6) is -1.06. The summed E-state index contributed by atoms with van der Waals surface area (Å²) < 4.78 is 15.4. The number of methoxy groups -OCH3 is 3. The molecule has 1 N–H and O–H groups in total. The average Bonchev–Trinajstić information content (AvgIpc) is 2.30. The van der Waals surface area contributed by atoms with Gasteiger partial charge in [-0.15, -0.1) is 0 Å². The summed E-state index contributed by atoms with van der Waals surface area (Å²) in [6.45, 7) is 1.44. The van der Waals surface area contributed by atoms with Crippen molar-refractivity contribution in [2.24, 2.45) is 0 Å². The molecule has 0 bridgehead atoms. The number of rotatable bonds is 6. The Morgan fingerprint density at radius 2 is 1.67 bits per heavy atom. The minimum atomic E-state index is -1.06. The van der Waals surface area contributed by atoms with E-state index in [1.807, 2.05) is 30.3 Å². The smallest absolute Gasteiger partial charge is 0.279 e. The van der Waals surface area contributed by atoms with E-state index in [0.29, 0.717) is 0 Å². The number of hydrogen-bond donors (Lipinski definition) is 1. The molecule has 0 amide bonds. The van der Waals surface area contributed by atoms with Gasteiger partial charge in [0.1, 0.15) is 0 Å². The second-order valence-corrected chi connectivity index (χ2v) is 2.92. The van der Waals surface area contributed by atoms with Gasteiger partial charge in [0, 0.05) is 27.0 Å². The lowest BCUT2D eigenvalue weighted by Gasteiger charge is -2.30. The summed E-state index contributed by atoms with van der Waals surface area (Å²) in [5.41, 5.74) is 0.884. The Labute approximate surface area is 90.1 Å². The lowest BCUT2D eigenvalue weighted by molar-refractivity contribution is -0.184. The molecule has 0 fully saturated rings. The molecule has 0 heterocycles. The molecule has 4 heteroatoms. The lowest BCUT2D eigenvalue weighted by atomic mass is 10.3. The van der Waals surface area contributed by atoms with Crippen molar-refractivity contribution >= 4 is 5.69 Å². The lowest BCUT2D eigenvalue weighted by Crippen LogP contribution is -2.43. The van der Waals surface area contributed by atoms with Crippen molar-refractivity contribution in [3.05, 3.63) is 36.9 Å². The predicted molar refractivity (Wildman–Crippen MR) is 58.1 cm³/mol. The minimum absolute atomic E-state index is 0.884. The van der Waals surface area contributed by atoms with Gasteiger partial charge in [-0.25, -0.2) is 0 Å². The van der Waals surface area contributed by atoms with Gasteiger partial charge in [0.15, 0.2) is 6.61 Å². The molecule has 0 saturated heterocycles. The third-order valence-electron chi connectivity index (χ3n) is 1.97. The fraction of sp³-hybridized carbons (Fsp3) is 0.364. The second kappa shape index (κ2) is 5.70. The van der Waals surface area contributed by atoms with Gasteiger partial charge in [-0.2, -0.15) is 0 Å². The molecule has 0 spiro atoms. The van der Waals surface area contributed by atoms with Gasteiger partial charge in [-0.1, -0.05) is 18.2 Å². The molecule has 0 atom stereocenters. The third-order valence-corrected chi connectivity index (χ3v) is 1.97. The molecule has 0 saturated carbocycles. The highest BCUT2D eigenvalue weighted by atomic mass is 16.7. The van der Waals surface area contributed by atoms with E-state index in [9.17, 15) is 0 Å². The van der Waals surface area contributed by atoms with Gasteiger partial charge in [-0.05, 0) is 12.1 Å². The SMILES string of the molecule is CO[CH]C(Nc1ccccc1)(OC)OC. The molecule has 0 aliphatic carbocycles. The largest absolute Gasteiger partial charge is 0.371 e. The summed E-state index contributed by atoms with van der Waals surface area (Å²) >= 11 is 0. The van der Waals surface area contributed by atoms with Crippen LogP contribution in [0.3, 0.4) is 0 Å². The van der Waals surface area contributed by atoms with Crippen LogP contribution in [0.15, 0.2) is 30.3 Å². The van der Waals surface area contributed by atoms with Crippen molar-refractivity contribution < 1.29 is 14.2 Å². The van der Waals surface area contributed by atoms with E-state index in [2.05, 4.69) is 5.32 Å². The summed E-state index contributed by atoms with van der Waals surface area (Å²) in [7, 11) is 4.61. The van der Waals surface area contributed by atoms with Crippen LogP contribution < -0.4 is 5.32 Å². The van der Waals surface area contributed by atoms with Crippen LogP contribution in [-0.2, 0) is 14.2 Å². The van der Waals surface area contributed by atoms with Gasteiger partial charge >= 0.3 is 0 Å². The molecule has 1 aromatic rings. The Bertz CT molecular complexity index is 272. The first-order chi connectivity index (χ1) is 7.26. The molecular formula is C11H16NO3. The number of ether oxygens (including phenoxy) is 3. The van der Waals surface area contributed by atoms with Crippen molar-refractivity contribution in [1.82, 2.24) is 0 Å². The number of benzene rings is 1. The number of para-hydroxylation sites is 1. The zero-order valence-electron chi connectivity index (χ0n) is 9.19. The number of nitrogens with one attached hydrogen (secondary N) is 1. The first kappa shape index (κ1) is 12.0. The summed E-state index contributed by atoms with van der Waals surface area (Å²) in [6, 6.07) is 9.61. The molecule has 0 aromatic heterocycles. The van der Waals surface area contributed by atoms with Crippen LogP contribution in [-0.4, -0.2) is 27.2 Å². The van der Waals surface area contributed by atoms with E-state index < -0.39 is 5.91 Å². The van der Waals surface area contributed by atoms with Crippen LogP contribution in [0.1, 0.15) is 0 Å². The fourth-order valence-electron chi connectivity index (χ4n) is 1.19. The standard InChI is InChI=1S/C11H16NO3/c1-13-9-11(14-2,15-3)12-10-7-5-4-6-8-10/h4-9,12H,1-3H3. The molecule has 1 rings (SSSR count). The Kier molecular flexibility index (Phi) is 4.55. The maximum atomic E-state index is 5.22. The van der Waals surface area contributed by atoms with Crippen molar-refractivity contribution in [3.63, 3.8) is 0 Å². The average molecular weight is 210 g/mol. The minimum Gasteiger partial charge on any atom is -0.371 e. The van der Waals surface area contributed by atoms with E-state index in [-0.39, 0.29) is 0 Å². The molecule has 0 aliphatic heterocycles. The monoisotopic (exact) mass is 210 g/mol. The molecule has 15 heavy (non-hydrogen) atoms. The molecule has 0 aliphatic rings. The predicted octanol–water partition coefficient (Wildman–Crippen LogP) is 1.85. The van der Waals surface area contributed by atoms with E-state index in [1.165, 1.54) is 20.8 Å². The highest BCUT2D eigenvalue weighted by Gasteiger charge is 2.30. The molecule has 1 aromatic carbocycles. The normalized spacial score (nSPS) is 11.4. The quantitative estimate of drug-likeness (QED) is 0.727. The molecular weight excluding hydrogens is 194 g/mol. The highest BCUT2D eigenvalue weighted by molar-refractivity contribution is 5.44. The molecule has 1 radical (unpaired) electrons. The molecule has 83 valence electrons. The zero-order chi connectivity index (χ0) is 11.1.